The van der Waals surface area contributed by atoms with Crippen LogP contribution >= 0.6 is 0 Å². The Kier molecular flexibility index (Phi) is 4.86. The monoisotopic (exact) mass is 353 g/mol. The Morgan fingerprint density at radius 3 is 2.50 bits per heavy atom. The zero-order valence-electron chi connectivity index (χ0n) is 13.8. The van der Waals surface area contributed by atoms with Gasteiger partial charge in [0, 0.05) is 25.8 Å². The number of ether oxygens (including phenoxy) is 1. The summed E-state index contributed by atoms with van der Waals surface area (Å²) in [6, 6.07) is 5.99. The first-order chi connectivity index (χ1) is 11.2. The first-order valence-electron chi connectivity index (χ1n) is 6.94. The summed E-state index contributed by atoms with van der Waals surface area (Å²) in [6.07, 6.45) is 0. The van der Waals surface area contributed by atoms with E-state index in [0.29, 0.717) is 17.1 Å². The molecule has 0 fully saturated rings. The Labute approximate surface area is 140 Å². The lowest BCUT2D eigenvalue weighted by atomic mass is 10.2. The van der Waals surface area contributed by atoms with Crippen LogP contribution in [0.4, 0.5) is 11.4 Å². The van der Waals surface area contributed by atoms with Crippen molar-refractivity contribution in [3.05, 3.63) is 35.6 Å². The van der Waals surface area contributed by atoms with Gasteiger partial charge >= 0.3 is 0 Å². The lowest BCUT2D eigenvalue weighted by Gasteiger charge is -2.08. The number of aryl methyl sites for hydroxylation is 1. The second kappa shape index (κ2) is 6.54. The van der Waals surface area contributed by atoms with Crippen LogP contribution in [0.25, 0.3) is 0 Å². The van der Waals surface area contributed by atoms with Crippen molar-refractivity contribution in [2.24, 2.45) is 0 Å². The molecule has 0 spiro atoms. The average Bonchev–Trinajstić information content (AvgIpc) is 2.90. The van der Waals surface area contributed by atoms with Crippen LogP contribution in [0, 0.1) is 6.92 Å². The predicted octanol–water partition coefficient (Wildman–Crippen LogP) is 1.68. The van der Waals surface area contributed by atoms with Gasteiger partial charge < -0.3 is 20.2 Å². The van der Waals surface area contributed by atoms with Crippen molar-refractivity contribution in [2.45, 2.75) is 12.0 Å². The fourth-order valence-electron chi connectivity index (χ4n) is 2.00. The summed E-state index contributed by atoms with van der Waals surface area (Å²) < 4.78 is 35.4. The molecule has 0 aliphatic heterocycles. The number of nitrogen functional groups attached to an aromatic ring is 1. The summed E-state index contributed by atoms with van der Waals surface area (Å²) >= 11 is 0. The first kappa shape index (κ1) is 17.8. The van der Waals surface area contributed by atoms with Crippen LogP contribution in [-0.2, 0) is 10.0 Å². The topological polar surface area (TPSA) is 115 Å². The minimum Gasteiger partial charge on any atom is -0.495 e. The van der Waals surface area contributed by atoms with Crippen molar-refractivity contribution in [3.8, 4) is 5.75 Å². The molecule has 0 unspecified atom stereocenters. The van der Waals surface area contributed by atoms with Crippen molar-refractivity contribution in [2.75, 3.05) is 32.3 Å². The maximum Gasteiger partial charge on any atom is 0.275 e. The van der Waals surface area contributed by atoms with Gasteiger partial charge in [-0.25, -0.2) is 12.7 Å². The number of carbonyl (C=O) groups is 1. The van der Waals surface area contributed by atoms with Gasteiger partial charge in [-0.05, 0) is 25.1 Å². The normalized spacial score (nSPS) is 11.5. The molecule has 8 nitrogen and oxygen atoms in total. The van der Waals surface area contributed by atoms with Gasteiger partial charge in [0.2, 0.25) is 5.09 Å². The zero-order valence-corrected chi connectivity index (χ0v) is 14.6. The summed E-state index contributed by atoms with van der Waals surface area (Å²) in [6.45, 7) is 1.52. The molecule has 0 bridgehead atoms. The number of hydrogen-bond donors (Lipinski definition) is 2. The number of rotatable bonds is 5. The van der Waals surface area contributed by atoms with Crippen LogP contribution in [-0.4, -0.2) is 39.8 Å². The quantitative estimate of drug-likeness (QED) is 0.790. The van der Waals surface area contributed by atoms with Crippen molar-refractivity contribution >= 4 is 27.3 Å². The van der Waals surface area contributed by atoms with Crippen LogP contribution in [0.3, 0.4) is 0 Å². The van der Waals surface area contributed by atoms with Gasteiger partial charge in [0.1, 0.15) is 11.5 Å². The van der Waals surface area contributed by atoms with Gasteiger partial charge in [-0.15, -0.1) is 0 Å². The van der Waals surface area contributed by atoms with E-state index in [4.69, 9.17) is 14.9 Å². The number of sulfonamides is 1. The van der Waals surface area contributed by atoms with Gasteiger partial charge in [-0.1, -0.05) is 0 Å². The average molecular weight is 353 g/mol. The number of nitrogens with one attached hydrogen (secondary N) is 1. The van der Waals surface area contributed by atoms with E-state index in [1.54, 1.807) is 18.2 Å². The molecule has 9 heteroatoms. The van der Waals surface area contributed by atoms with E-state index >= 15 is 0 Å². The molecule has 0 aliphatic carbocycles. The molecular weight excluding hydrogens is 334 g/mol. The molecule has 24 heavy (non-hydrogen) atoms. The van der Waals surface area contributed by atoms with Crippen LogP contribution in [0.1, 0.15) is 16.1 Å². The summed E-state index contributed by atoms with van der Waals surface area (Å²) in [4.78, 5) is 12.4. The second-order valence-electron chi connectivity index (χ2n) is 5.23. The number of furan rings is 1. The van der Waals surface area contributed by atoms with Crippen LogP contribution < -0.4 is 15.8 Å². The molecule has 1 heterocycles. The number of amides is 1. The molecule has 1 amide bonds. The summed E-state index contributed by atoms with van der Waals surface area (Å²) in [5, 5.41) is 2.35. The molecule has 3 N–H and O–H groups in total. The molecule has 0 atom stereocenters. The number of anilines is 2. The standard InChI is InChI=1S/C15H19N3O5S/c1-9-11(8-14(23-9)24(20,21)18(2)3)15(19)17-10-5-6-13(22-4)12(16)7-10/h5-8H,16H2,1-4H3,(H,17,19). The molecule has 130 valence electrons. The zero-order chi connectivity index (χ0) is 18.1. The number of nitrogens with zero attached hydrogens (tertiary/aromatic N) is 1. The maximum atomic E-state index is 12.4. The Bertz CT molecular complexity index is 871. The molecule has 0 saturated carbocycles. The lowest BCUT2D eigenvalue weighted by molar-refractivity contribution is 0.102. The molecule has 0 aliphatic rings. The number of nitrogens with two attached hydrogens (primary N) is 1. The number of methoxy groups -OCH3 is 1. The van der Waals surface area contributed by atoms with E-state index in [1.165, 1.54) is 34.2 Å². The Balaban J connectivity index is 2.28. The highest BCUT2D eigenvalue weighted by molar-refractivity contribution is 7.88. The van der Waals surface area contributed by atoms with Crippen molar-refractivity contribution < 1.29 is 22.4 Å². The molecule has 2 rings (SSSR count). The largest absolute Gasteiger partial charge is 0.495 e. The molecule has 2 aromatic rings. The fourth-order valence-corrected chi connectivity index (χ4v) is 2.85. The molecule has 1 aromatic heterocycles. The molecular formula is C15H19N3O5S. The van der Waals surface area contributed by atoms with Crippen molar-refractivity contribution in [1.29, 1.82) is 0 Å². The van der Waals surface area contributed by atoms with Gasteiger partial charge in [0.25, 0.3) is 15.9 Å². The summed E-state index contributed by atoms with van der Waals surface area (Å²) in [5.74, 6) is 0.197. The smallest absolute Gasteiger partial charge is 0.275 e. The molecule has 0 saturated heterocycles. The predicted molar refractivity (Wildman–Crippen MR) is 89.7 cm³/mol. The third kappa shape index (κ3) is 3.36. The SMILES string of the molecule is COc1ccc(NC(=O)c2cc(S(=O)(=O)N(C)C)oc2C)cc1N. The van der Waals surface area contributed by atoms with Gasteiger partial charge in [-0.3, -0.25) is 4.79 Å². The van der Waals surface area contributed by atoms with E-state index in [2.05, 4.69) is 5.32 Å². The van der Waals surface area contributed by atoms with E-state index in [-0.39, 0.29) is 16.4 Å². The molecule has 1 aromatic carbocycles. The number of hydrogen-bond acceptors (Lipinski definition) is 6. The van der Waals surface area contributed by atoms with E-state index in [9.17, 15) is 13.2 Å². The third-order valence-corrected chi connectivity index (χ3v) is 5.03. The fraction of sp³-hybridized carbons (Fsp3) is 0.267. The first-order valence-corrected chi connectivity index (χ1v) is 8.38. The molecule has 0 radical (unpaired) electrons. The maximum absolute atomic E-state index is 12.4. The minimum atomic E-state index is -3.75. The highest BCUT2D eigenvalue weighted by atomic mass is 32.2. The van der Waals surface area contributed by atoms with Crippen LogP contribution in [0.15, 0.2) is 33.8 Å². The van der Waals surface area contributed by atoms with E-state index in [0.717, 1.165) is 4.31 Å². The minimum absolute atomic E-state index is 0.129. The van der Waals surface area contributed by atoms with E-state index < -0.39 is 15.9 Å². The summed E-state index contributed by atoms with van der Waals surface area (Å²) in [5.41, 5.74) is 6.75. The number of carbonyl (C=O) groups excluding carboxylic acids is 1. The lowest BCUT2D eigenvalue weighted by Crippen LogP contribution is -2.21. The van der Waals surface area contributed by atoms with Crippen LogP contribution in [0.2, 0.25) is 0 Å². The van der Waals surface area contributed by atoms with Crippen molar-refractivity contribution in [3.63, 3.8) is 0 Å². The van der Waals surface area contributed by atoms with E-state index in [1.807, 2.05) is 0 Å². The van der Waals surface area contributed by atoms with Crippen molar-refractivity contribution in [1.82, 2.24) is 4.31 Å². The highest BCUT2D eigenvalue weighted by Crippen LogP contribution is 2.26. The number of benzene rings is 1. The Morgan fingerprint density at radius 2 is 1.96 bits per heavy atom. The van der Waals surface area contributed by atoms with Gasteiger partial charge in [0.15, 0.2) is 0 Å². The third-order valence-electron chi connectivity index (χ3n) is 3.36. The Hall–Kier alpha value is -2.52. The van der Waals surface area contributed by atoms with Crippen LogP contribution in [0.5, 0.6) is 5.75 Å². The van der Waals surface area contributed by atoms with Gasteiger partial charge in [0.05, 0.1) is 18.4 Å². The van der Waals surface area contributed by atoms with Gasteiger partial charge in [-0.2, -0.15) is 0 Å². The Morgan fingerprint density at radius 1 is 1.29 bits per heavy atom. The second-order valence-corrected chi connectivity index (χ2v) is 7.32. The highest BCUT2D eigenvalue weighted by Gasteiger charge is 2.25. The summed E-state index contributed by atoms with van der Waals surface area (Å²) in [7, 11) is 0.505.